The van der Waals surface area contributed by atoms with Gasteiger partial charge >= 0.3 is 12.0 Å². The summed E-state index contributed by atoms with van der Waals surface area (Å²) in [5.41, 5.74) is 0.376. The van der Waals surface area contributed by atoms with E-state index in [-0.39, 0.29) is 12.6 Å². The van der Waals surface area contributed by atoms with E-state index >= 15 is 0 Å². The van der Waals surface area contributed by atoms with Gasteiger partial charge in [0, 0.05) is 13.1 Å². The third kappa shape index (κ3) is 4.12. The van der Waals surface area contributed by atoms with Crippen molar-refractivity contribution in [3.63, 3.8) is 0 Å². The number of hydrogen-bond acceptors (Lipinski definition) is 2. The molecule has 2 aliphatic carbocycles. The second-order valence-electron chi connectivity index (χ2n) is 6.86. The first kappa shape index (κ1) is 15.1. The highest BCUT2D eigenvalue weighted by Gasteiger charge is 2.53. The first-order chi connectivity index (χ1) is 9.43. The lowest BCUT2D eigenvalue weighted by atomic mass is 9.97. The molecule has 2 fully saturated rings. The van der Waals surface area contributed by atoms with Crippen molar-refractivity contribution < 1.29 is 14.7 Å². The van der Waals surface area contributed by atoms with E-state index in [1.807, 2.05) is 13.8 Å². The second kappa shape index (κ2) is 6.02. The van der Waals surface area contributed by atoms with Crippen LogP contribution < -0.4 is 10.6 Å². The minimum Gasteiger partial charge on any atom is -0.481 e. The zero-order valence-corrected chi connectivity index (χ0v) is 12.4. The molecule has 20 heavy (non-hydrogen) atoms. The Labute approximate surface area is 120 Å². The van der Waals surface area contributed by atoms with E-state index in [4.69, 9.17) is 5.11 Å². The number of nitrogens with one attached hydrogen (secondary N) is 2. The Morgan fingerprint density at radius 1 is 1.25 bits per heavy atom. The maximum atomic E-state index is 11.8. The molecule has 5 nitrogen and oxygen atoms in total. The molecule has 0 spiro atoms. The number of rotatable bonds is 8. The summed E-state index contributed by atoms with van der Waals surface area (Å²) in [6.07, 6.45) is 5.64. The normalized spacial score (nSPS) is 21.4. The Hall–Kier alpha value is -1.26. The van der Waals surface area contributed by atoms with Gasteiger partial charge in [0.2, 0.25) is 0 Å². The fraction of sp³-hybridized carbons (Fsp3) is 0.867. The molecule has 0 heterocycles. The number of hydrogen-bond donors (Lipinski definition) is 3. The molecule has 2 aliphatic rings. The van der Waals surface area contributed by atoms with Crippen LogP contribution in [-0.2, 0) is 4.79 Å². The van der Waals surface area contributed by atoms with Crippen molar-refractivity contribution in [2.75, 3.05) is 13.1 Å². The van der Waals surface area contributed by atoms with Crippen molar-refractivity contribution in [3.8, 4) is 0 Å². The van der Waals surface area contributed by atoms with Crippen LogP contribution in [0.1, 0.15) is 46.0 Å². The zero-order valence-electron chi connectivity index (χ0n) is 12.4. The van der Waals surface area contributed by atoms with Gasteiger partial charge in [-0.25, -0.2) is 4.79 Å². The molecule has 2 rings (SSSR count). The van der Waals surface area contributed by atoms with Crippen LogP contribution >= 0.6 is 0 Å². The van der Waals surface area contributed by atoms with Crippen LogP contribution in [0.15, 0.2) is 0 Å². The lowest BCUT2D eigenvalue weighted by molar-refractivity contribution is -0.142. The third-order valence-corrected chi connectivity index (χ3v) is 4.55. The smallest absolute Gasteiger partial charge is 0.314 e. The van der Waals surface area contributed by atoms with Gasteiger partial charge in [0.05, 0.1) is 5.92 Å². The van der Waals surface area contributed by atoms with E-state index in [9.17, 15) is 9.59 Å². The van der Waals surface area contributed by atoms with E-state index < -0.39 is 11.9 Å². The van der Waals surface area contributed by atoms with Crippen molar-refractivity contribution in [1.82, 2.24) is 10.6 Å². The molecule has 0 radical (unpaired) electrons. The lowest BCUT2D eigenvalue weighted by Crippen LogP contribution is -2.42. The van der Waals surface area contributed by atoms with Gasteiger partial charge in [-0.1, -0.05) is 13.8 Å². The fourth-order valence-electron chi connectivity index (χ4n) is 2.96. The standard InChI is InChI=1S/C15H26N2O3/c1-10(2)7-11(13(18)19)8-16-14(20)17-9-15(5-6-15)12-3-4-12/h10-12H,3-9H2,1-2H3,(H,18,19)(H2,16,17,20). The van der Waals surface area contributed by atoms with Crippen LogP contribution in [-0.4, -0.2) is 30.2 Å². The molecule has 3 N–H and O–H groups in total. The summed E-state index contributed by atoms with van der Waals surface area (Å²) >= 11 is 0. The highest BCUT2D eigenvalue weighted by molar-refractivity contribution is 5.75. The molecule has 1 unspecified atom stereocenters. The maximum Gasteiger partial charge on any atom is 0.314 e. The lowest BCUT2D eigenvalue weighted by Gasteiger charge is -2.18. The number of carboxylic acid groups (broad SMARTS) is 1. The maximum absolute atomic E-state index is 11.8. The summed E-state index contributed by atoms with van der Waals surface area (Å²) in [5.74, 6) is -0.212. The molecule has 5 heteroatoms. The van der Waals surface area contributed by atoms with Crippen molar-refractivity contribution in [1.29, 1.82) is 0 Å². The minimum absolute atomic E-state index is 0.204. The predicted octanol–water partition coefficient (Wildman–Crippen LogP) is 2.22. The van der Waals surface area contributed by atoms with Gasteiger partial charge in [-0.3, -0.25) is 4.79 Å². The van der Waals surface area contributed by atoms with E-state index in [0.717, 1.165) is 12.5 Å². The molecule has 1 atom stereocenters. The predicted molar refractivity (Wildman–Crippen MR) is 76.4 cm³/mol. The van der Waals surface area contributed by atoms with Crippen LogP contribution in [0.3, 0.4) is 0 Å². The Morgan fingerprint density at radius 2 is 1.90 bits per heavy atom. The van der Waals surface area contributed by atoms with Crippen LogP contribution in [0.25, 0.3) is 0 Å². The Kier molecular flexibility index (Phi) is 4.55. The van der Waals surface area contributed by atoms with Gasteiger partial charge in [0.15, 0.2) is 0 Å². The summed E-state index contributed by atoms with van der Waals surface area (Å²) in [6, 6.07) is -0.230. The molecule has 0 aromatic rings. The SMILES string of the molecule is CC(C)CC(CNC(=O)NCC1(C2CC2)CC1)C(=O)O. The van der Waals surface area contributed by atoms with Gasteiger partial charge in [0.25, 0.3) is 0 Å². The highest BCUT2D eigenvalue weighted by Crippen LogP contribution is 2.60. The summed E-state index contributed by atoms with van der Waals surface area (Å²) in [7, 11) is 0. The number of carbonyl (C=O) groups excluding carboxylic acids is 1. The average Bonchev–Trinajstić information content (AvgIpc) is 3.24. The molecule has 0 saturated heterocycles. The molecule has 0 aliphatic heterocycles. The molecular formula is C15H26N2O3. The van der Waals surface area contributed by atoms with Crippen LogP contribution in [0.4, 0.5) is 4.79 Å². The van der Waals surface area contributed by atoms with Crippen LogP contribution in [0, 0.1) is 23.2 Å². The Morgan fingerprint density at radius 3 is 2.35 bits per heavy atom. The Balaban J connectivity index is 1.67. The second-order valence-corrected chi connectivity index (χ2v) is 6.86. The number of carbonyl (C=O) groups is 2. The Bertz CT molecular complexity index is 373. The van der Waals surface area contributed by atoms with Crippen molar-refractivity contribution in [2.24, 2.45) is 23.2 Å². The largest absolute Gasteiger partial charge is 0.481 e. The van der Waals surface area contributed by atoms with Gasteiger partial charge in [-0.15, -0.1) is 0 Å². The fourth-order valence-corrected chi connectivity index (χ4v) is 2.96. The van der Waals surface area contributed by atoms with Crippen molar-refractivity contribution in [3.05, 3.63) is 0 Å². The third-order valence-electron chi connectivity index (χ3n) is 4.55. The van der Waals surface area contributed by atoms with Crippen LogP contribution in [0.2, 0.25) is 0 Å². The van der Waals surface area contributed by atoms with Gasteiger partial charge in [-0.05, 0) is 49.4 Å². The molecule has 114 valence electrons. The van der Waals surface area contributed by atoms with E-state index in [0.29, 0.717) is 17.8 Å². The number of urea groups is 1. The molecule has 2 amide bonds. The molecule has 0 aromatic carbocycles. The van der Waals surface area contributed by atoms with Crippen LogP contribution in [0.5, 0.6) is 0 Å². The van der Waals surface area contributed by atoms with Gasteiger partial charge in [-0.2, -0.15) is 0 Å². The van der Waals surface area contributed by atoms with Crippen molar-refractivity contribution in [2.45, 2.75) is 46.0 Å². The van der Waals surface area contributed by atoms with Gasteiger partial charge in [0.1, 0.15) is 0 Å². The topological polar surface area (TPSA) is 78.4 Å². The molecule has 0 aromatic heterocycles. The van der Waals surface area contributed by atoms with Crippen molar-refractivity contribution >= 4 is 12.0 Å². The first-order valence-corrected chi connectivity index (χ1v) is 7.67. The highest BCUT2D eigenvalue weighted by atomic mass is 16.4. The molecule has 0 bridgehead atoms. The summed E-state index contributed by atoms with van der Waals surface area (Å²) in [6.45, 7) is 4.92. The summed E-state index contributed by atoms with van der Waals surface area (Å²) < 4.78 is 0. The number of aliphatic carboxylic acids is 1. The molecular weight excluding hydrogens is 256 g/mol. The minimum atomic E-state index is -0.837. The average molecular weight is 282 g/mol. The van der Waals surface area contributed by atoms with E-state index in [2.05, 4.69) is 10.6 Å². The molecule has 2 saturated carbocycles. The zero-order chi connectivity index (χ0) is 14.8. The number of amides is 2. The summed E-state index contributed by atoms with van der Waals surface area (Å²) in [5, 5.41) is 14.7. The number of carboxylic acids is 1. The summed E-state index contributed by atoms with van der Waals surface area (Å²) in [4.78, 5) is 22.9. The van der Waals surface area contributed by atoms with E-state index in [1.165, 1.54) is 25.7 Å². The first-order valence-electron chi connectivity index (χ1n) is 7.67. The van der Waals surface area contributed by atoms with E-state index in [1.54, 1.807) is 0 Å². The monoisotopic (exact) mass is 282 g/mol. The van der Waals surface area contributed by atoms with Gasteiger partial charge < -0.3 is 15.7 Å². The quantitative estimate of drug-likeness (QED) is 0.638.